The zero-order valence-electron chi connectivity index (χ0n) is 17.6. The summed E-state index contributed by atoms with van der Waals surface area (Å²) >= 11 is 0. The molecule has 0 amide bonds. The van der Waals surface area contributed by atoms with Crippen LogP contribution in [-0.2, 0) is 0 Å². The third kappa shape index (κ3) is 4.23. The molecule has 0 bridgehead atoms. The fourth-order valence-electron chi connectivity index (χ4n) is 3.94. The number of likely N-dealkylation sites (tertiary alicyclic amines) is 1. The molecule has 1 saturated heterocycles. The van der Waals surface area contributed by atoms with Gasteiger partial charge in [-0.2, -0.15) is 5.10 Å². The van der Waals surface area contributed by atoms with Gasteiger partial charge in [0, 0.05) is 47.8 Å². The molecule has 2 N–H and O–H groups in total. The molecule has 152 valence electrons. The molecule has 3 aromatic rings. The van der Waals surface area contributed by atoms with Crippen molar-refractivity contribution in [1.29, 1.82) is 0 Å². The molecule has 6 heteroatoms. The van der Waals surface area contributed by atoms with E-state index in [0.29, 0.717) is 11.8 Å². The van der Waals surface area contributed by atoms with Crippen molar-refractivity contribution in [3.63, 3.8) is 0 Å². The van der Waals surface area contributed by atoms with Crippen molar-refractivity contribution in [3.05, 3.63) is 65.0 Å². The molecule has 4 heterocycles. The predicted molar refractivity (Wildman–Crippen MR) is 114 cm³/mol. The largest absolute Gasteiger partial charge is 0.372 e. The number of aliphatic hydroxyl groups is 1. The summed E-state index contributed by atoms with van der Waals surface area (Å²) in [7, 11) is 0. The first-order valence-electron chi connectivity index (χ1n) is 10.3. The van der Waals surface area contributed by atoms with Crippen LogP contribution in [0.2, 0.25) is 0 Å². The van der Waals surface area contributed by atoms with Crippen molar-refractivity contribution in [2.75, 3.05) is 13.1 Å². The van der Waals surface area contributed by atoms with Gasteiger partial charge in [-0.25, -0.2) is 0 Å². The van der Waals surface area contributed by atoms with Crippen molar-refractivity contribution in [2.45, 2.75) is 52.2 Å². The Labute approximate surface area is 172 Å². The molecule has 0 saturated carbocycles. The van der Waals surface area contributed by atoms with Gasteiger partial charge in [0.25, 0.3) is 0 Å². The number of pyridine rings is 2. The van der Waals surface area contributed by atoms with Gasteiger partial charge in [-0.1, -0.05) is 19.9 Å². The smallest absolute Gasteiger partial charge is 0.150 e. The summed E-state index contributed by atoms with van der Waals surface area (Å²) in [5, 5.41) is 18.1. The second kappa shape index (κ2) is 8.05. The van der Waals surface area contributed by atoms with Crippen LogP contribution in [0.15, 0.2) is 36.5 Å². The van der Waals surface area contributed by atoms with E-state index in [4.69, 9.17) is 4.98 Å². The standard InChI is InChI=1S/C23H29N5O/c1-14(2)20-11-22(27-26-20)23(29)28-8-7-18(13-28)21-10-19(9-16(4)25-21)17-6-5-15(3)24-12-17/h5-6,9-12,14,18,23,29H,7-8,13H2,1-4H3,(H,26,27). The van der Waals surface area contributed by atoms with Crippen molar-refractivity contribution in [3.8, 4) is 11.1 Å². The molecule has 4 rings (SSSR count). The zero-order chi connectivity index (χ0) is 20.5. The lowest BCUT2D eigenvalue weighted by Gasteiger charge is -2.22. The molecule has 1 aliphatic heterocycles. The molecule has 3 aromatic heterocycles. The molecule has 0 spiro atoms. The molecule has 29 heavy (non-hydrogen) atoms. The first kappa shape index (κ1) is 19.7. The number of hydrogen-bond acceptors (Lipinski definition) is 5. The first-order chi connectivity index (χ1) is 13.9. The minimum absolute atomic E-state index is 0.300. The normalized spacial score (nSPS) is 18.5. The molecule has 0 aliphatic carbocycles. The summed E-state index contributed by atoms with van der Waals surface area (Å²) in [6.45, 7) is 9.84. The van der Waals surface area contributed by atoms with E-state index >= 15 is 0 Å². The Hall–Kier alpha value is -2.57. The lowest BCUT2D eigenvalue weighted by atomic mass is 9.99. The quantitative estimate of drug-likeness (QED) is 0.685. The fourth-order valence-corrected chi connectivity index (χ4v) is 3.94. The third-order valence-electron chi connectivity index (χ3n) is 5.69. The number of aromatic amines is 1. The summed E-state index contributed by atoms with van der Waals surface area (Å²) in [4.78, 5) is 11.3. The van der Waals surface area contributed by atoms with Crippen molar-refractivity contribution in [1.82, 2.24) is 25.1 Å². The number of aryl methyl sites for hydroxylation is 2. The van der Waals surface area contributed by atoms with Gasteiger partial charge in [0.15, 0.2) is 0 Å². The van der Waals surface area contributed by atoms with Gasteiger partial charge >= 0.3 is 0 Å². The second-order valence-electron chi connectivity index (χ2n) is 8.37. The van der Waals surface area contributed by atoms with E-state index in [2.05, 4.69) is 52.1 Å². The number of aliphatic hydroxyl groups excluding tert-OH is 1. The molecule has 6 nitrogen and oxygen atoms in total. The van der Waals surface area contributed by atoms with E-state index in [9.17, 15) is 5.11 Å². The lowest BCUT2D eigenvalue weighted by Crippen LogP contribution is -2.26. The van der Waals surface area contributed by atoms with Gasteiger partial charge in [-0.3, -0.25) is 20.0 Å². The van der Waals surface area contributed by atoms with E-state index in [1.807, 2.05) is 32.2 Å². The Balaban J connectivity index is 1.52. The van der Waals surface area contributed by atoms with Gasteiger partial charge in [-0.15, -0.1) is 0 Å². The second-order valence-corrected chi connectivity index (χ2v) is 8.37. The molecule has 0 aromatic carbocycles. The van der Waals surface area contributed by atoms with Gasteiger partial charge in [0.1, 0.15) is 6.23 Å². The van der Waals surface area contributed by atoms with Crippen LogP contribution in [0.4, 0.5) is 0 Å². The Kier molecular flexibility index (Phi) is 5.48. The Morgan fingerprint density at radius 3 is 2.62 bits per heavy atom. The molecular formula is C23H29N5O. The van der Waals surface area contributed by atoms with E-state index in [1.54, 1.807) is 0 Å². The highest BCUT2D eigenvalue weighted by Crippen LogP contribution is 2.33. The summed E-state index contributed by atoms with van der Waals surface area (Å²) in [5.74, 6) is 0.638. The molecule has 1 aliphatic rings. The summed E-state index contributed by atoms with van der Waals surface area (Å²) in [5.41, 5.74) is 7.10. The van der Waals surface area contributed by atoms with Gasteiger partial charge in [0.2, 0.25) is 0 Å². The monoisotopic (exact) mass is 391 g/mol. The van der Waals surface area contributed by atoms with E-state index in [1.165, 1.54) is 0 Å². The van der Waals surface area contributed by atoms with Crippen LogP contribution in [0.5, 0.6) is 0 Å². The molecule has 2 atom stereocenters. The van der Waals surface area contributed by atoms with Crippen molar-refractivity contribution in [2.24, 2.45) is 0 Å². The highest BCUT2D eigenvalue weighted by molar-refractivity contribution is 5.63. The van der Waals surface area contributed by atoms with Gasteiger partial charge < -0.3 is 5.11 Å². The molecule has 2 unspecified atom stereocenters. The number of H-pyrrole nitrogens is 1. The van der Waals surface area contributed by atoms with Crippen molar-refractivity contribution < 1.29 is 5.11 Å². The van der Waals surface area contributed by atoms with Crippen LogP contribution in [0.25, 0.3) is 11.1 Å². The number of hydrogen-bond donors (Lipinski definition) is 2. The number of aromatic nitrogens is 4. The van der Waals surface area contributed by atoms with Crippen LogP contribution in [0.1, 0.15) is 66.8 Å². The van der Waals surface area contributed by atoms with Crippen molar-refractivity contribution >= 4 is 0 Å². The summed E-state index contributed by atoms with van der Waals surface area (Å²) < 4.78 is 0. The number of rotatable bonds is 5. The molecular weight excluding hydrogens is 362 g/mol. The first-order valence-corrected chi connectivity index (χ1v) is 10.3. The number of nitrogens with zero attached hydrogens (tertiary/aromatic N) is 4. The fraction of sp³-hybridized carbons (Fsp3) is 0.435. The molecule has 0 radical (unpaired) electrons. The lowest BCUT2D eigenvalue weighted by molar-refractivity contribution is 0.0145. The average molecular weight is 392 g/mol. The Bertz CT molecular complexity index is 979. The van der Waals surface area contributed by atoms with E-state index in [-0.39, 0.29) is 0 Å². The average Bonchev–Trinajstić information content (AvgIpc) is 3.38. The highest BCUT2D eigenvalue weighted by atomic mass is 16.3. The maximum atomic E-state index is 10.8. The van der Waals surface area contributed by atoms with Gasteiger partial charge in [-0.05, 0) is 56.0 Å². The van der Waals surface area contributed by atoms with E-state index < -0.39 is 6.23 Å². The minimum atomic E-state index is -0.662. The SMILES string of the molecule is Cc1ccc(-c2cc(C)nc(C3CCN(C(O)c4cc(C(C)C)n[nH]4)C3)c2)cn1. The summed E-state index contributed by atoms with van der Waals surface area (Å²) in [6, 6.07) is 10.4. The topological polar surface area (TPSA) is 77.9 Å². The van der Waals surface area contributed by atoms with E-state index in [0.717, 1.165) is 59.1 Å². The highest BCUT2D eigenvalue weighted by Gasteiger charge is 2.31. The maximum absolute atomic E-state index is 10.8. The Morgan fingerprint density at radius 2 is 1.93 bits per heavy atom. The maximum Gasteiger partial charge on any atom is 0.150 e. The minimum Gasteiger partial charge on any atom is -0.372 e. The third-order valence-corrected chi connectivity index (χ3v) is 5.69. The van der Waals surface area contributed by atoms with Crippen LogP contribution in [0.3, 0.4) is 0 Å². The van der Waals surface area contributed by atoms with Gasteiger partial charge in [0.05, 0.1) is 11.4 Å². The Morgan fingerprint density at radius 1 is 1.10 bits per heavy atom. The molecule has 1 fully saturated rings. The predicted octanol–water partition coefficient (Wildman–Crippen LogP) is 4.09. The van der Waals surface area contributed by atoms with Crippen LogP contribution in [0, 0.1) is 13.8 Å². The summed E-state index contributed by atoms with van der Waals surface area (Å²) in [6.07, 6.45) is 2.23. The number of nitrogens with one attached hydrogen (secondary N) is 1. The van der Waals surface area contributed by atoms with Crippen LogP contribution >= 0.6 is 0 Å². The van der Waals surface area contributed by atoms with Crippen LogP contribution < -0.4 is 0 Å². The zero-order valence-corrected chi connectivity index (χ0v) is 17.6. The van der Waals surface area contributed by atoms with Crippen LogP contribution in [-0.4, -0.2) is 43.3 Å².